The quantitative estimate of drug-likeness (QED) is 0.111. The first-order chi connectivity index (χ1) is 18.6. The topological polar surface area (TPSA) is 51.4 Å². The van der Waals surface area contributed by atoms with Crippen LogP contribution in [0.3, 0.4) is 0 Å². The van der Waals surface area contributed by atoms with Crippen molar-refractivity contribution in [2.75, 3.05) is 19.8 Å². The zero-order valence-electron chi connectivity index (χ0n) is 24.2. The lowest BCUT2D eigenvalue weighted by Gasteiger charge is -2.12. The second kappa shape index (κ2) is 23.2. The summed E-state index contributed by atoms with van der Waals surface area (Å²) in [5.41, 5.74) is 1.19. The molecule has 220 valence electrons. The Labute approximate surface area is 259 Å². The molecule has 0 aliphatic carbocycles. The third-order valence-electron chi connectivity index (χ3n) is 6.72. The minimum atomic E-state index is -0.166. The summed E-state index contributed by atoms with van der Waals surface area (Å²) in [6.45, 7) is 6.57. The molecule has 39 heavy (non-hydrogen) atoms. The van der Waals surface area contributed by atoms with Crippen LogP contribution in [0, 0.1) is 0 Å². The third-order valence-corrected chi connectivity index (χ3v) is 7.09. The number of aryl methyl sites for hydroxylation is 1. The first-order valence-corrected chi connectivity index (χ1v) is 15.3. The van der Waals surface area contributed by atoms with E-state index in [0.29, 0.717) is 29.7 Å². The van der Waals surface area contributed by atoms with E-state index in [0.717, 1.165) is 25.8 Å². The van der Waals surface area contributed by atoms with Crippen molar-refractivity contribution in [1.82, 2.24) is 5.32 Å². The summed E-state index contributed by atoms with van der Waals surface area (Å²) in [4.78, 5) is 12.2. The number of hydrogen-bond donors (Lipinski definition) is 1. The normalized spacial score (nSPS) is 10.6. The summed E-state index contributed by atoms with van der Waals surface area (Å²) in [6.07, 6.45) is 21.8. The van der Waals surface area contributed by atoms with Crippen LogP contribution in [0.5, 0.6) is 11.5 Å². The number of aromatic nitrogens is 1. The minimum absolute atomic E-state index is 0. The second-order valence-corrected chi connectivity index (χ2v) is 10.5. The van der Waals surface area contributed by atoms with Crippen LogP contribution >= 0.6 is 11.6 Å². The fraction of sp³-hybridized carbons (Fsp3) is 0.625. The van der Waals surface area contributed by atoms with Crippen LogP contribution in [0.25, 0.3) is 0 Å². The van der Waals surface area contributed by atoms with E-state index in [2.05, 4.69) is 48.3 Å². The summed E-state index contributed by atoms with van der Waals surface area (Å²) >= 11 is 6.48. The highest BCUT2D eigenvalue weighted by Crippen LogP contribution is 2.34. The number of pyridine rings is 1. The zero-order valence-corrected chi connectivity index (χ0v) is 27.1. The van der Waals surface area contributed by atoms with Gasteiger partial charge in [0.25, 0.3) is 5.91 Å². The summed E-state index contributed by atoms with van der Waals surface area (Å²) < 4.78 is 13.7. The molecule has 0 aliphatic heterocycles. The number of unbranched alkanes of at least 4 members (excludes halogenated alkanes) is 11. The number of hydrogen-bond acceptors (Lipinski definition) is 3. The molecular formula is C32H50ClIN2O3. The van der Waals surface area contributed by atoms with Gasteiger partial charge in [0.1, 0.15) is 23.1 Å². The number of ether oxygens (including phenoxy) is 2. The molecule has 1 aromatic carbocycles. The van der Waals surface area contributed by atoms with Crippen molar-refractivity contribution in [3.8, 4) is 11.5 Å². The molecule has 2 rings (SSSR count). The molecule has 0 fully saturated rings. The van der Waals surface area contributed by atoms with E-state index in [4.69, 9.17) is 21.1 Å². The molecule has 5 nitrogen and oxygen atoms in total. The van der Waals surface area contributed by atoms with Crippen molar-refractivity contribution in [3.63, 3.8) is 0 Å². The number of nitrogens with one attached hydrogen (secondary N) is 1. The molecule has 0 unspecified atom stereocenters. The van der Waals surface area contributed by atoms with Crippen LogP contribution in [0.4, 0.5) is 0 Å². The molecule has 1 N–H and O–H groups in total. The van der Waals surface area contributed by atoms with Crippen molar-refractivity contribution in [2.24, 2.45) is 0 Å². The standard InChI is InChI=1S/C32H49ClN2O3.HI/c1-3-5-6-7-8-9-10-11-12-13-14-15-26-37-29-17-16-18-30(32(29)33)38-27-31(36)34-22-19-28-20-24-35(23-4-2)25-21-28;/h16-18,20-21,24-25H,3-15,19,22-23,26-27H2,1-2H3;1H. The van der Waals surface area contributed by atoms with Crippen LogP contribution in [0.2, 0.25) is 5.02 Å². The summed E-state index contributed by atoms with van der Waals surface area (Å²) in [5, 5.41) is 3.33. The average molecular weight is 673 g/mol. The molecule has 0 atom stereocenters. The Morgan fingerprint density at radius 3 is 1.95 bits per heavy atom. The molecule has 0 aliphatic rings. The number of rotatable bonds is 22. The Morgan fingerprint density at radius 1 is 0.795 bits per heavy atom. The van der Waals surface area contributed by atoms with Crippen molar-refractivity contribution in [3.05, 3.63) is 53.3 Å². The zero-order chi connectivity index (χ0) is 27.3. The molecule has 1 heterocycles. The van der Waals surface area contributed by atoms with Gasteiger partial charge in [-0.15, -0.1) is 0 Å². The fourth-order valence-corrected chi connectivity index (χ4v) is 4.68. The Balaban J connectivity index is 0.00000760. The predicted octanol–water partition coefficient (Wildman–Crippen LogP) is 4.86. The minimum Gasteiger partial charge on any atom is -1.00 e. The van der Waals surface area contributed by atoms with Crippen LogP contribution in [-0.2, 0) is 17.8 Å². The second-order valence-electron chi connectivity index (χ2n) is 10.1. The first kappa shape index (κ1) is 35.5. The predicted molar refractivity (Wildman–Crippen MR) is 157 cm³/mol. The number of benzene rings is 1. The summed E-state index contributed by atoms with van der Waals surface area (Å²) in [6, 6.07) is 9.65. The van der Waals surface area contributed by atoms with Gasteiger partial charge in [0.15, 0.2) is 19.0 Å². The highest BCUT2D eigenvalue weighted by molar-refractivity contribution is 6.33. The fourth-order valence-electron chi connectivity index (χ4n) is 4.44. The summed E-state index contributed by atoms with van der Waals surface area (Å²) in [5.74, 6) is 0.912. The van der Waals surface area contributed by atoms with Gasteiger partial charge in [-0.3, -0.25) is 4.79 Å². The van der Waals surface area contributed by atoms with Gasteiger partial charge < -0.3 is 38.8 Å². The van der Waals surface area contributed by atoms with Gasteiger partial charge in [-0.1, -0.05) is 102 Å². The van der Waals surface area contributed by atoms with E-state index in [1.165, 1.54) is 76.2 Å². The highest BCUT2D eigenvalue weighted by Gasteiger charge is 2.11. The van der Waals surface area contributed by atoms with Gasteiger partial charge in [-0.05, 0) is 30.5 Å². The van der Waals surface area contributed by atoms with E-state index in [-0.39, 0.29) is 36.5 Å². The largest absolute Gasteiger partial charge is 1.00 e. The van der Waals surface area contributed by atoms with Crippen LogP contribution in [-0.4, -0.2) is 25.7 Å². The maximum atomic E-state index is 12.2. The van der Waals surface area contributed by atoms with E-state index >= 15 is 0 Å². The molecule has 0 saturated heterocycles. The molecule has 1 amide bonds. The van der Waals surface area contributed by atoms with Crippen molar-refractivity contribution < 1.29 is 42.8 Å². The molecule has 0 bridgehead atoms. The number of carbonyl (C=O) groups excluding carboxylic acids is 1. The number of carbonyl (C=O) groups is 1. The lowest BCUT2D eigenvalue weighted by molar-refractivity contribution is -0.697. The van der Waals surface area contributed by atoms with Gasteiger partial charge >= 0.3 is 0 Å². The molecular weight excluding hydrogens is 623 g/mol. The Hall–Kier alpha value is -1.54. The molecule has 2 aromatic rings. The lowest BCUT2D eigenvalue weighted by Crippen LogP contribution is -3.00. The number of nitrogens with zero attached hydrogens (tertiary/aromatic N) is 1. The van der Waals surface area contributed by atoms with Crippen LogP contribution in [0.1, 0.15) is 103 Å². The van der Waals surface area contributed by atoms with E-state index in [1.807, 2.05) is 12.1 Å². The SMILES string of the molecule is CCCCCCCCCCCCCCOc1cccc(OCC(=O)NCCc2cc[n+](CCC)cc2)c1Cl.[I-]. The van der Waals surface area contributed by atoms with Crippen LogP contribution < -0.4 is 43.3 Å². The Morgan fingerprint density at radius 2 is 1.36 bits per heavy atom. The third kappa shape index (κ3) is 16.3. The number of amides is 1. The lowest BCUT2D eigenvalue weighted by atomic mass is 10.1. The Kier molecular flexibility index (Phi) is 21.1. The molecule has 1 aromatic heterocycles. The monoisotopic (exact) mass is 672 g/mol. The maximum Gasteiger partial charge on any atom is 0.257 e. The van der Waals surface area contributed by atoms with Crippen LogP contribution in [0.15, 0.2) is 42.7 Å². The first-order valence-electron chi connectivity index (χ1n) is 14.9. The van der Waals surface area contributed by atoms with Crippen molar-refractivity contribution in [2.45, 2.75) is 110 Å². The van der Waals surface area contributed by atoms with E-state index in [1.54, 1.807) is 6.07 Å². The van der Waals surface area contributed by atoms with E-state index in [9.17, 15) is 4.79 Å². The van der Waals surface area contributed by atoms with E-state index < -0.39 is 0 Å². The summed E-state index contributed by atoms with van der Waals surface area (Å²) in [7, 11) is 0. The molecule has 7 heteroatoms. The van der Waals surface area contributed by atoms with Gasteiger partial charge in [-0.25, -0.2) is 4.57 Å². The van der Waals surface area contributed by atoms with Gasteiger partial charge in [0.2, 0.25) is 0 Å². The smallest absolute Gasteiger partial charge is 0.257 e. The van der Waals surface area contributed by atoms with Gasteiger partial charge in [0.05, 0.1) is 6.61 Å². The molecule has 0 saturated carbocycles. The molecule has 0 spiro atoms. The molecule has 0 radical (unpaired) electrons. The highest BCUT2D eigenvalue weighted by atomic mass is 127. The Bertz CT molecular complexity index is 895. The van der Waals surface area contributed by atoms with Crippen molar-refractivity contribution >= 4 is 17.5 Å². The van der Waals surface area contributed by atoms with Crippen molar-refractivity contribution in [1.29, 1.82) is 0 Å². The number of halogens is 2. The van der Waals surface area contributed by atoms with Gasteiger partial charge in [0, 0.05) is 25.1 Å². The maximum absolute atomic E-state index is 12.2. The average Bonchev–Trinajstić information content (AvgIpc) is 2.92. The van der Waals surface area contributed by atoms with Gasteiger partial charge in [-0.2, -0.15) is 0 Å².